The van der Waals surface area contributed by atoms with E-state index in [1.807, 2.05) is 6.07 Å². The predicted molar refractivity (Wildman–Crippen MR) is 135 cm³/mol. The van der Waals surface area contributed by atoms with Crippen LogP contribution in [0, 0.1) is 23.7 Å². The number of carbonyl (C=O) groups excluding carboxylic acids is 5. The van der Waals surface area contributed by atoms with Gasteiger partial charge in [-0.1, -0.05) is 6.42 Å². The average molecular weight is 535 g/mol. The van der Waals surface area contributed by atoms with Crippen molar-refractivity contribution in [1.82, 2.24) is 4.90 Å². The quantitative estimate of drug-likeness (QED) is 0.493. The Balaban J connectivity index is 1.45. The summed E-state index contributed by atoms with van der Waals surface area (Å²) in [5.74, 6) is -10.0. The number of furan rings is 1. The first-order valence-electron chi connectivity index (χ1n) is 13.4. The minimum atomic E-state index is -2.66. The van der Waals surface area contributed by atoms with E-state index < -0.39 is 58.3 Å². The number of phenolic OH excluding ortho intramolecular Hbond substituents is 1. The third-order valence-corrected chi connectivity index (χ3v) is 9.16. The molecule has 1 aromatic carbocycles. The summed E-state index contributed by atoms with van der Waals surface area (Å²) in [7, 11) is 0. The number of hydrogen-bond acceptors (Lipinski definition) is 9. The van der Waals surface area contributed by atoms with Gasteiger partial charge in [0.05, 0.1) is 24.0 Å². The molecule has 1 saturated heterocycles. The third-order valence-electron chi connectivity index (χ3n) is 9.16. The van der Waals surface area contributed by atoms with E-state index in [1.54, 1.807) is 12.3 Å². The third kappa shape index (κ3) is 3.80. The second-order valence-corrected chi connectivity index (χ2v) is 11.4. The topological polar surface area (TPSA) is 168 Å². The highest BCUT2D eigenvalue weighted by molar-refractivity contribution is 6.31. The number of Topliss-reactive ketones (excluding diaryl/α,β-unsaturated/α-hetero) is 4. The van der Waals surface area contributed by atoms with E-state index >= 15 is 0 Å². The second kappa shape index (κ2) is 9.24. The van der Waals surface area contributed by atoms with Crippen molar-refractivity contribution in [3.05, 3.63) is 41.3 Å². The van der Waals surface area contributed by atoms with E-state index in [9.17, 15) is 34.2 Å². The highest BCUT2D eigenvalue weighted by Gasteiger charge is 2.66. The van der Waals surface area contributed by atoms with Gasteiger partial charge in [0, 0.05) is 30.0 Å². The van der Waals surface area contributed by atoms with E-state index in [0.29, 0.717) is 23.2 Å². The molecule has 4 aliphatic rings. The lowest BCUT2D eigenvalue weighted by atomic mass is 9.53. The fourth-order valence-electron chi connectivity index (χ4n) is 7.24. The van der Waals surface area contributed by atoms with Gasteiger partial charge in [0.1, 0.15) is 5.75 Å². The Morgan fingerprint density at radius 2 is 1.85 bits per heavy atom. The molecule has 0 radical (unpaired) electrons. The lowest BCUT2D eigenvalue weighted by Crippen LogP contribution is -2.68. The molecule has 2 aromatic rings. The highest BCUT2D eigenvalue weighted by Crippen LogP contribution is 2.51. The molecule has 1 amide bonds. The maximum absolute atomic E-state index is 14.1. The van der Waals surface area contributed by atoms with Crippen LogP contribution in [0.1, 0.15) is 53.6 Å². The van der Waals surface area contributed by atoms with Crippen LogP contribution in [0.5, 0.6) is 5.75 Å². The molecule has 39 heavy (non-hydrogen) atoms. The molecular formula is C29H30N2O8. The fraction of sp³-hybridized carbons (Fsp3) is 0.483. The summed E-state index contributed by atoms with van der Waals surface area (Å²) in [6.45, 7) is 2.15. The number of fused-ring (bicyclic) bond motifs is 3. The number of likely N-dealkylation sites (tertiary alicyclic amines) is 1. The largest absolute Gasteiger partial charge is 0.507 e. The number of rotatable bonds is 4. The molecule has 6 rings (SSSR count). The van der Waals surface area contributed by atoms with Crippen LogP contribution in [0.4, 0.5) is 0 Å². The number of carbonyl (C=O) groups is 5. The van der Waals surface area contributed by atoms with Crippen molar-refractivity contribution in [2.75, 3.05) is 13.1 Å². The van der Waals surface area contributed by atoms with E-state index in [4.69, 9.17) is 10.2 Å². The molecule has 3 fully saturated rings. The van der Waals surface area contributed by atoms with Gasteiger partial charge in [-0.05, 0) is 68.0 Å². The summed E-state index contributed by atoms with van der Waals surface area (Å²) in [5, 5.41) is 22.8. The molecule has 4 N–H and O–H groups in total. The molecule has 10 heteroatoms. The maximum atomic E-state index is 14.1. The van der Waals surface area contributed by atoms with Crippen molar-refractivity contribution in [3.8, 4) is 16.9 Å². The number of piperidine rings is 1. The minimum Gasteiger partial charge on any atom is -0.507 e. The van der Waals surface area contributed by atoms with Crippen molar-refractivity contribution in [3.63, 3.8) is 0 Å². The average Bonchev–Trinajstić information content (AvgIpc) is 3.43. The number of primary amides is 1. The molecule has 1 aliphatic heterocycles. The number of nitrogens with two attached hydrogens (primary N) is 1. The molecule has 0 bridgehead atoms. The van der Waals surface area contributed by atoms with Crippen LogP contribution in [0.15, 0.2) is 29.1 Å². The zero-order chi connectivity index (χ0) is 27.6. The standard InChI is InChI=1S/C29H30N2O8/c30-28(37)23-20(32)11-17-8-15-9-19-18(14-4-7-39-13-14)10-16(12-31-5-2-1-3-6-31)24(33)22(19)25(34)21(15)26(35)29(17,38)27(23)36/h4,7,10,13,15,17,21,23,33,38H,1-3,5-6,8-9,11-12H2,(H2,30,37)/t15-,17+,21?,23?,29+/m1/s1. The SMILES string of the molecule is NC(=O)C1C(=O)C[C@@H]2C[C@@H]3Cc4c(-c5ccoc5)cc(CN5CCCCC5)c(O)c4C(=O)C3C(=O)[C@]2(O)C1=O. The van der Waals surface area contributed by atoms with Gasteiger partial charge in [0.2, 0.25) is 5.91 Å². The number of nitrogens with zero attached hydrogens (tertiary/aromatic N) is 1. The zero-order valence-corrected chi connectivity index (χ0v) is 21.4. The van der Waals surface area contributed by atoms with E-state index in [2.05, 4.69) is 4.90 Å². The molecule has 5 atom stereocenters. The van der Waals surface area contributed by atoms with Crippen molar-refractivity contribution >= 4 is 29.0 Å². The summed E-state index contributed by atoms with van der Waals surface area (Å²) in [6, 6.07) is 3.63. The summed E-state index contributed by atoms with van der Waals surface area (Å²) in [5.41, 5.74) is 5.18. The predicted octanol–water partition coefficient (Wildman–Crippen LogP) is 1.57. The first kappa shape index (κ1) is 25.6. The first-order chi connectivity index (χ1) is 18.6. The van der Waals surface area contributed by atoms with Crippen LogP contribution in [-0.4, -0.2) is 62.8 Å². The van der Waals surface area contributed by atoms with Gasteiger partial charge in [-0.25, -0.2) is 0 Å². The fourth-order valence-corrected chi connectivity index (χ4v) is 7.24. The Morgan fingerprint density at radius 3 is 2.51 bits per heavy atom. The molecular weight excluding hydrogens is 504 g/mol. The van der Waals surface area contributed by atoms with Crippen molar-refractivity contribution in [1.29, 1.82) is 0 Å². The summed E-state index contributed by atoms with van der Waals surface area (Å²) in [6.07, 6.45) is 6.22. The van der Waals surface area contributed by atoms with Gasteiger partial charge < -0.3 is 20.4 Å². The lowest BCUT2D eigenvalue weighted by Gasteiger charge is -2.48. The van der Waals surface area contributed by atoms with E-state index in [0.717, 1.165) is 37.9 Å². The van der Waals surface area contributed by atoms with Crippen molar-refractivity contribution < 1.29 is 38.6 Å². The summed E-state index contributed by atoms with van der Waals surface area (Å²) < 4.78 is 5.31. The molecule has 2 unspecified atom stereocenters. The van der Waals surface area contributed by atoms with Crippen LogP contribution in [0.2, 0.25) is 0 Å². The lowest BCUT2D eigenvalue weighted by molar-refractivity contribution is -0.175. The number of aromatic hydroxyl groups is 1. The van der Waals surface area contributed by atoms with Crippen LogP contribution in [-0.2, 0) is 32.1 Å². The number of phenols is 1. The Morgan fingerprint density at radius 1 is 1.10 bits per heavy atom. The summed E-state index contributed by atoms with van der Waals surface area (Å²) in [4.78, 5) is 67.6. The van der Waals surface area contributed by atoms with Gasteiger partial charge in [-0.15, -0.1) is 0 Å². The number of ketones is 4. The van der Waals surface area contributed by atoms with Gasteiger partial charge >= 0.3 is 0 Å². The van der Waals surface area contributed by atoms with Crippen molar-refractivity contribution in [2.45, 2.75) is 50.7 Å². The van der Waals surface area contributed by atoms with Gasteiger partial charge in [0.15, 0.2) is 34.7 Å². The molecule has 10 nitrogen and oxygen atoms in total. The number of aliphatic hydroxyl groups is 1. The maximum Gasteiger partial charge on any atom is 0.235 e. The normalized spacial score (nSPS) is 31.0. The number of hydrogen-bond donors (Lipinski definition) is 3. The summed E-state index contributed by atoms with van der Waals surface area (Å²) >= 11 is 0. The highest BCUT2D eigenvalue weighted by atomic mass is 16.3. The molecule has 1 aromatic heterocycles. The Kier molecular flexibility index (Phi) is 6.07. The zero-order valence-electron chi connectivity index (χ0n) is 21.4. The monoisotopic (exact) mass is 534 g/mol. The van der Waals surface area contributed by atoms with Crippen LogP contribution < -0.4 is 5.73 Å². The Hall–Kier alpha value is -3.63. The minimum absolute atomic E-state index is 0.0168. The van der Waals surface area contributed by atoms with Crippen LogP contribution >= 0.6 is 0 Å². The van der Waals surface area contributed by atoms with Crippen molar-refractivity contribution in [2.24, 2.45) is 29.4 Å². The Bertz CT molecular complexity index is 1410. The van der Waals surface area contributed by atoms with Crippen LogP contribution in [0.3, 0.4) is 0 Å². The van der Waals surface area contributed by atoms with E-state index in [-0.39, 0.29) is 30.6 Å². The van der Waals surface area contributed by atoms with E-state index in [1.165, 1.54) is 6.26 Å². The van der Waals surface area contributed by atoms with Gasteiger partial charge in [-0.3, -0.25) is 28.9 Å². The molecule has 204 valence electrons. The smallest absolute Gasteiger partial charge is 0.235 e. The Labute approximate surface area is 224 Å². The molecule has 2 heterocycles. The second-order valence-electron chi connectivity index (χ2n) is 11.4. The number of amides is 1. The first-order valence-corrected chi connectivity index (χ1v) is 13.4. The van der Waals surface area contributed by atoms with Gasteiger partial charge in [-0.2, -0.15) is 0 Å². The van der Waals surface area contributed by atoms with Crippen LogP contribution in [0.25, 0.3) is 11.1 Å². The molecule has 0 spiro atoms. The molecule has 3 aliphatic carbocycles. The number of benzene rings is 1. The van der Waals surface area contributed by atoms with Gasteiger partial charge in [0.25, 0.3) is 0 Å². The molecule has 2 saturated carbocycles.